The van der Waals surface area contributed by atoms with Crippen LogP contribution in [-0.4, -0.2) is 18.1 Å². The molecular weight excluding hydrogens is 202 g/mol. The average molecular weight is 219 g/mol. The van der Waals surface area contributed by atoms with E-state index < -0.39 is 5.54 Å². The molecular formula is C13H17NO2. The third-order valence-electron chi connectivity index (χ3n) is 3.23. The van der Waals surface area contributed by atoms with Crippen molar-refractivity contribution in [2.24, 2.45) is 0 Å². The van der Waals surface area contributed by atoms with Crippen LogP contribution in [0.1, 0.15) is 31.9 Å². The van der Waals surface area contributed by atoms with Gasteiger partial charge in [-0.05, 0) is 18.9 Å². The Hall–Kier alpha value is -1.35. The van der Waals surface area contributed by atoms with Crippen LogP contribution in [0.3, 0.4) is 0 Å². The van der Waals surface area contributed by atoms with E-state index in [-0.39, 0.29) is 12.0 Å². The van der Waals surface area contributed by atoms with Crippen molar-refractivity contribution >= 4 is 5.97 Å². The predicted molar refractivity (Wildman–Crippen MR) is 62.0 cm³/mol. The summed E-state index contributed by atoms with van der Waals surface area (Å²) in [5.41, 5.74) is 0.605. The Morgan fingerprint density at radius 3 is 2.75 bits per heavy atom. The van der Waals surface area contributed by atoms with Crippen LogP contribution in [0.25, 0.3) is 0 Å². The molecule has 2 rings (SSSR count). The van der Waals surface area contributed by atoms with Crippen LogP contribution in [0.15, 0.2) is 30.3 Å². The molecule has 0 aliphatic carbocycles. The molecule has 1 saturated heterocycles. The van der Waals surface area contributed by atoms with E-state index in [1.807, 2.05) is 44.2 Å². The number of carbonyl (C=O) groups is 1. The minimum Gasteiger partial charge on any atom is -0.462 e. The van der Waals surface area contributed by atoms with Gasteiger partial charge in [-0.15, -0.1) is 0 Å². The van der Waals surface area contributed by atoms with E-state index in [2.05, 4.69) is 5.32 Å². The SMILES string of the molecule is CC[C@]1(C)N[C@H](c2ccccc2)COC1=O. The van der Waals surface area contributed by atoms with Gasteiger partial charge in [-0.3, -0.25) is 10.1 Å². The zero-order valence-corrected chi connectivity index (χ0v) is 9.69. The second-order valence-corrected chi connectivity index (χ2v) is 4.39. The second-order valence-electron chi connectivity index (χ2n) is 4.39. The lowest BCUT2D eigenvalue weighted by molar-refractivity contribution is -0.158. The van der Waals surface area contributed by atoms with Gasteiger partial charge in [0, 0.05) is 0 Å². The minimum atomic E-state index is -0.557. The first-order chi connectivity index (χ1) is 7.65. The molecule has 3 heteroatoms. The maximum Gasteiger partial charge on any atom is 0.326 e. The predicted octanol–water partition coefficient (Wildman–Crippen LogP) is 2.04. The number of hydrogen-bond acceptors (Lipinski definition) is 3. The topological polar surface area (TPSA) is 38.3 Å². The molecule has 16 heavy (non-hydrogen) atoms. The fraction of sp³-hybridized carbons (Fsp3) is 0.462. The highest BCUT2D eigenvalue weighted by molar-refractivity contribution is 5.81. The van der Waals surface area contributed by atoms with Crippen LogP contribution >= 0.6 is 0 Å². The first-order valence-corrected chi connectivity index (χ1v) is 5.65. The summed E-state index contributed by atoms with van der Waals surface area (Å²) in [4.78, 5) is 11.6. The van der Waals surface area contributed by atoms with Gasteiger partial charge < -0.3 is 4.74 Å². The Morgan fingerprint density at radius 2 is 2.12 bits per heavy atom. The largest absolute Gasteiger partial charge is 0.462 e. The van der Waals surface area contributed by atoms with Crippen LogP contribution in [0.4, 0.5) is 0 Å². The Bertz CT molecular complexity index is 377. The highest BCUT2D eigenvalue weighted by atomic mass is 16.5. The van der Waals surface area contributed by atoms with Gasteiger partial charge in [0.05, 0.1) is 6.04 Å². The molecule has 1 aliphatic heterocycles. The first kappa shape index (κ1) is 11.1. The Labute approximate surface area is 95.8 Å². The van der Waals surface area contributed by atoms with Crippen LogP contribution in [-0.2, 0) is 9.53 Å². The first-order valence-electron chi connectivity index (χ1n) is 5.65. The van der Waals surface area contributed by atoms with Gasteiger partial charge in [-0.25, -0.2) is 0 Å². The quantitative estimate of drug-likeness (QED) is 0.774. The number of hydrogen-bond donors (Lipinski definition) is 1. The molecule has 0 bridgehead atoms. The Kier molecular flexibility index (Phi) is 2.97. The number of morpholine rings is 1. The van der Waals surface area contributed by atoms with E-state index in [4.69, 9.17) is 4.74 Å². The van der Waals surface area contributed by atoms with Gasteiger partial charge in [0.15, 0.2) is 0 Å². The molecule has 2 atom stereocenters. The number of rotatable bonds is 2. The lowest BCUT2D eigenvalue weighted by Crippen LogP contribution is -2.56. The molecule has 1 aromatic rings. The summed E-state index contributed by atoms with van der Waals surface area (Å²) in [5.74, 6) is -0.151. The van der Waals surface area contributed by atoms with Gasteiger partial charge in [0.2, 0.25) is 0 Å². The molecule has 0 radical (unpaired) electrons. The summed E-state index contributed by atoms with van der Waals surface area (Å²) >= 11 is 0. The summed E-state index contributed by atoms with van der Waals surface area (Å²) < 4.78 is 5.25. The third-order valence-corrected chi connectivity index (χ3v) is 3.23. The summed E-state index contributed by atoms with van der Waals surface area (Å²) in [6.07, 6.45) is 0.731. The van der Waals surface area contributed by atoms with Crippen LogP contribution in [0, 0.1) is 0 Å². The molecule has 0 aromatic heterocycles. The summed E-state index contributed by atoms with van der Waals surface area (Å²) in [6.45, 7) is 4.30. The second kappa shape index (κ2) is 4.26. The van der Waals surface area contributed by atoms with Gasteiger partial charge in [0.1, 0.15) is 12.1 Å². The van der Waals surface area contributed by atoms with E-state index in [1.165, 1.54) is 0 Å². The molecule has 86 valence electrons. The van der Waals surface area contributed by atoms with Crippen molar-refractivity contribution in [3.8, 4) is 0 Å². The maximum atomic E-state index is 11.6. The van der Waals surface area contributed by atoms with Gasteiger partial charge in [-0.2, -0.15) is 0 Å². The lowest BCUT2D eigenvalue weighted by Gasteiger charge is -2.37. The molecule has 0 saturated carbocycles. The molecule has 1 aromatic carbocycles. The zero-order valence-electron chi connectivity index (χ0n) is 9.69. The van der Waals surface area contributed by atoms with Crippen molar-refractivity contribution in [3.63, 3.8) is 0 Å². The lowest BCUT2D eigenvalue weighted by atomic mass is 9.94. The average Bonchev–Trinajstić information content (AvgIpc) is 2.34. The standard InChI is InChI=1S/C13H17NO2/c1-3-13(2)12(15)16-9-11(14-13)10-7-5-4-6-8-10/h4-8,11,14H,3,9H2,1-2H3/t11-,13-/m0/s1. The number of carbonyl (C=O) groups excluding carboxylic acids is 1. The van der Waals surface area contributed by atoms with E-state index in [9.17, 15) is 4.79 Å². The monoisotopic (exact) mass is 219 g/mol. The highest BCUT2D eigenvalue weighted by Gasteiger charge is 2.39. The maximum absolute atomic E-state index is 11.6. The number of nitrogens with one attached hydrogen (secondary N) is 1. The molecule has 1 heterocycles. The number of esters is 1. The summed E-state index contributed by atoms with van der Waals surface area (Å²) in [7, 11) is 0. The van der Waals surface area contributed by atoms with Crippen molar-refractivity contribution in [3.05, 3.63) is 35.9 Å². The summed E-state index contributed by atoms with van der Waals surface area (Å²) in [5, 5.41) is 3.37. The highest BCUT2D eigenvalue weighted by Crippen LogP contribution is 2.25. The number of cyclic esters (lactones) is 1. The van der Waals surface area contributed by atoms with Crippen LogP contribution in [0.5, 0.6) is 0 Å². The van der Waals surface area contributed by atoms with Gasteiger partial charge >= 0.3 is 5.97 Å². The zero-order chi connectivity index (χ0) is 11.6. The van der Waals surface area contributed by atoms with E-state index >= 15 is 0 Å². The molecule has 0 amide bonds. The van der Waals surface area contributed by atoms with Crippen molar-refractivity contribution < 1.29 is 9.53 Å². The Balaban J connectivity index is 2.18. The van der Waals surface area contributed by atoms with E-state index in [0.717, 1.165) is 12.0 Å². The van der Waals surface area contributed by atoms with Crippen LogP contribution < -0.4 is 5.32 Å². The van der Waals surface area contributed by atoms with Crippen molar-refractivity contribution in [2.45, 2.75) is 31.8 Å². The minimum absolute atomic E-state index is 0.101. The van der Waals surface area contributed by atoms with Gasteiger partial charge in [0.25, 0.3) is 0 Å². The van der Waals surface area contributed by atoms with Crippen LogP contribution in [0.2, 0.25) is 0 Å². The van der Waals surface area contributed by atoms with Crippen molar-refractivity contribution in [1.82, 2.24) is 5.32 Å². The molecule has 0 spiro atoms. The van der Waals surface area contributed by atoms with Crippen molar-refractivity contribution in [1.29, 1.82) is 0 Å². The van der Waals surface area contributed by atoms with Crippen molar-refractivity contribution in [2.75, 3.05) is 6.61 Å². The smallest absolute Gasteiger partial charge is 0.326 e. The summed E-state index contributed by atoms with van der Waals surface area (Å²) in [6, 6.07) is 10.2. The molecule has 1 N–H and O–H groups in total. The molecule has 1 aliphatic rings. The number of ether oxygens (including phenoxy) is 1. The molecule has 3 nitrogen and oxygen atoms in total. The third kappa shape index (κ3) is 1.95. The molecule has 0 unspecified atom stereocenters. The van der Waals surface area contributed by atoms with Gasteiger partial charge in [-0.1, -0.05) is 37.3 Å². The number of benzene rings is 1. The fourth-order valence-electron chi connectivity index (χ4n) is 1.91. The Morgan fingerprint density at radius 1 is 1.44 bits per heavy atom. The molecule has 1 fully saturated rings. The normalized spacial score (nSPS) is 29.9. The van der Waals surface area contributed by atoms with E-state index in [0.29, 0.717) is 6.61 Å². The fourth-order valence-corrected chi connectivity index (χ4v) is 1.91. The van der Waals surface area contributed by atoms with E-state index in [1.54, 1.807) is 0 Å².